The molecule has 1 aromatic rings. The first-order valence-corrected chi connectivity index (χ1v) is 7.15. The van der Waals surface area contributed by atoms with Crippen LogP contribution in [0.5, 0.6) is 0 Å². The molecule has 106 valence electrons. The number of rotatable bonds is 2. The summed E-state index contributed by atoms with van der Waals surface area (Å²) in [6, 6.07) is 7.76. The molecule has 1 unspecified atom stereocenters. The number of aliphatic hydroxyl groups is 1. The van der Waals surface area contributed by atoms with E-state index in [9.17, 15) is 9.90 Å². The Kier molecular flexibility index (Phi) is 6.03. The minimum absolute atomic E-state index is 0.0249. The summed E-state index contributed by atoms with van der Waals surface area (Å²) >= 11 is 0. The largest absolute Gasteiger partial charge is 0.391 e. The zero-order chi connectivity index (χ0) is 14.4. The molecule has 1 aliphatic rings. The average Bonchev–Trinajstić information content (AvgIpc) is 2.87. The first kappa shape index (κ1) is 15.7. The van der Waals surface area contributed by atoms with Gasteiger partial charge in [0.05, 0.1) is 6.10 Å². The van der Waals surface area contributed by atoms with Crippen LogP contribution in [0.3, 0.4) is 0 Å². The number of nitrogens with zero attached hydrogens (tertiary/aromatic N) is 1. The first-order valence-electron chi connectivity index (χ1n) is 7.15. The lowest BCUT2D eigenvalue weighted by Gasteiger charge is -2.16. The monoisotopic (exact) mass is 263 g/mol. The first-order chi connectivity index (χ1) is 9.08. The van der Waals surface area contributed by atoms with Gasteiger partial charge in [0.2, 0.25) is 0 Å². The van der Waals surface area contributed by atoms with E-state index in [-0.39, 0.29) is 12.0 Å². The molecule has 3 heteroatoms. The molecule has 1 heterocycles. The van der Waals surface area contributed by atoms with Crippen molar-refractivity contribution in [1.29, 1.82) is 0 Å². The van der Waals surface area contributed by atoms with Crippen LogP contribution in [0, 0.1) is 0 Å². The number of β-amino-alcohol motifs (C(OH)–C–C–N with tert-alkyl or cyclic N) is 1. The SMILES string of the molecule is CC.CC(C)c1ccc(C(=O)N2CCC(O)C2)cc1. The zero-order valence-electron chi connectivity index (χ0n) is 12.4. The Bertz CT molecular complexity index is 398. The molecule has 1 aromatic carbocycles. The van der Waals surface area contributed by atoms with Crippen LogP contribution in [0.15, 0.2) is 24.3 Å². The molecule has 3 nitrogen and oxygen atoms in total. The quantitative estimate of drug-likeness (QED) is 0.891. The summed E-state index contributed by atoms with van der Waals surface area (Å²) in [6.07, 6.45) is 0.337. The normalized spacial score (nSPS) is 18.2. The maximum Gasteiger partial charge on any atom is 0.253 e. The van der Waals surface area contributed by atoms with Gasteiger partial charge in [0.15, 0.2) is 0 Å². The standard InChI is InChI=1S/C14H19NO2.C2H6/c1-10(2)11-3-5-12(6-4-11)14(17)15-8-7-13(16)9-15;1-2/h3-6,10,13,16H,7-9H2,1-2H3;1-2H3. The number of hydrogen-bond donors (Lipinski definition) is 1. The number of benzene rings is 1. The van der Waals surface area contributed by atoms with Gasteiger partial charge in [0.25, 0.3) is 5.91 Å². The molecule has 1 amide bonds. The van der Waals surface area contributed by atoms with Crippen LogP contribution >= 0.6 is 0 Å². The third-order valence-corrected chi connectivity index (χ3v) is 3.27. The van der Waals surface area contributed by atoms with Crippen LogP contribution in [0.25, 0.3) is 0 Å². The van der Waals surface area contributed by atoms with Crippen LogP contribution in [0.1, 0.15) is 56.0 Å². The predicted molar refractivity (Wildman–Crippen MR) is 78.4 cm³/mol. The smallest absolute Gasteiger partial charge is 0.253 e. The molecule has 19 heavy (non-hydrogen) atoms. The third-order valence-electron chi connectivity index (χ3n) is 3.27. The van der Waals surface area contributed by atoms with Crippen LogP contribution in [-0.4, -0.2) is 35.1 Å². The van der Waals surface area contributed by atoms with Crippen molar-refractivity contribution in [3.8, 4) is 0 Å². The van der Waals surface area contributed by atoms with Gasteiger partial charge < -0.3 is 10.0 Å². The highest BCUT2D eigenvalue weighted by atomic mass is 16.3. The van der Waals surface area contributed by atoms with Crippen molar-refractivity contribution >= 4 is 5.91 Å². The molecular weight excluding hydrogens is 238 g/mol. The molecule has 0 bridgehead atoms. The van der Waals surface area contributed by atoms with Gasteiger partial charge in [-0.25, -0.2) is 0 Å². The lowest BCUT2D eigenvalue weighted by Crippen LogP contribution is -2.29. The Morgan fingerprint density at radius 2 is 1.84 bits per heavy atom. The van der Waals surface area contributed by atoms with E-state index in [1.165, 1.54) is 5.56 Å². The van der Waals surface area contributed by atoms with Crippen molar-refractivity contribution in [2.75, 3.05) is 13.1 Å². The Labute approximate surface area is 116 Å². The third kappa shape index (κ3) is 4.06. The molecule has 0 aromatic heterocycles. The van der Waals surface area contributed by atoms with Crippen molar-refractivity contribution in [3.63, 3.8) is 0 Å². The van der Waals surface area contributed by atoms with Crippen LogP contribution < -0.4 is 0 Å². The number of aliphatic hydroxyl groups excluding tert-OH is 1. The van der Waals surface area contributed by atoms with E-state index in [2.05, 4.69) is 13.8 Å². The van der Waals surface area contributed by atoms with Gasteiger partial charge in [0, 0.05) is 18.7 Å². The fraction of sp³-hybridized carbons (Fsp3) is 0.562. The summed E-state index contributed by atoms with van der Waals surface area (Å²) in [5.41, 5.74) is 1.95. The highest BCUT2D eigenvalue weighted by Gasteiger charge is 2.25. The molecule has 1 N–H and O–H groups in total. The highest BCUT2D eigenvalue weighted by molar-refractivity contribution is 5.94. The van der Waals surface area contributed by atoms with Crippen molar-refractivity contribution in [2.24, 2.45) is 0 Å². The van der Waals surface area contributed by atoms with Gasteiger partial charge in [-0.1, -0.05) is 39.8 Å². The van der Waals surface area contributed by atoms with Crippen LogP contribution in [0.2, 0.25) is 0 Å². The molecule has 0 radical (unpaired) electrons. The van der Waals surface area contributed by atoms with E-state index in [1.54, 1.807) is 4.90 Å². The number of carbonyl (C=O) groups excluding carboxylic acids is 1. The average molecular weight is 263 g/mol. The Hall–Kier alpha value is -1.35. The van der Waals surface area contributed by atoms with E-state index >= 15 is 0 Å². The molecule has 1 aliphatic heterocycles. The molecule has 0 aliphatic carbocycles. The summed E-state index contributed by atoms with van der Waals surface area (Å²) < 4.78 is 0. The summed E-state index contributed by atoms with van der Waals surface area (Å²) in [7, 11) is 0. The minimum Gasteiger partial charge on any atom is -0.391 e. The van der Waals surface area contributed by atoms with Crippen molar-refractivity contribution in [2.45, 2.75) is 46.1 Å². The predicted octanol–water partition coefficient (Wildman–Crippen LogP) is 3.04. The summed E-state index contributed by atoms with van der Waals surface area (Å²) in [5, 5.41) is 9.42. The number of likely N-dealkylation sites (tertiary alicyclic amines) is 1. The van der Waals surface area contributed by atoms with Gasteiger partial charge in [-0.15, -0.1) is 0 Å². The molecule has 2 rings (SSSR count). The lowest BCUT2D eigenvalue weighted by atomic mass is 10.0. The summed E-state index contributed by atoms with van der Waals surface area (Å²) in [4.78, 5) is 13.8. The van der Waals surface area contributed by atoms with E-state index in [1.807, 2.05) is 38.1 Å². The Morgan fingerprint density at radius 3 is 2.26 bits per heavy atom. The molecular formula is C16H25NO2. The molecule has 0 spiro atoms. The molecule has 0 saturated carbocycles. The summed E-state index contributed by atoms with van der Waals surface area (Å²) in [5.74, 6) is 0.504. The number of hydrogen-bond acceptors (Lipinski definition) is 2. The van der Waals surface area contributed by atoms with Crippen molar-refractivity contribution in [3.05, 3.63) is 35.4 Å². The maximum absolute atomic E-state index is 12.1. The summed E-state index contributed by atoms with van der Waals surface area (Å²) in [6.45, 7) is 9.39. The highest BCUT2D eigenvalue weighted by Crippen LogP contribution is 2.17. The van der Waals surface area contributed by atoms with E-state index in [0.717, 1.165) is 0 Å². The molecule has 1 saturated heterocycles. The van der Waals surface area contributed by atoms with E-state index in [4.69, 9.17) is 0 Å². The van der Waals surface area contributed by atoms with Crippen LogP contribution in [0.4, 0.5) is 0 Å². The van der Waals surface area contributed by atoms with Gasteiger partial charge in [-0.05, 0) is 30.0 Å². The Morgan fingerprint density at radius 1 is 1.26 bits per heavy atom. The topological polar surface area (TPSA) is 40.5 Å². The van der Waals surface area contributed by atoms with Gasteiger partial charge in [-0.3, -0.25) is 4.79 Å². The maximum atomic E-state index is 12.1. The molecule has 1 fully saturated rings. The Balaban J connectivity index is 0.000000861. The van der Waals surface area contributed by atoms with Crippen molar-refractivity contribution in [1.82, 2.24) is 4.90 Å². The second-order valence-corrected chi connectivity index (χ2v) is 4.97. The zero-order valence-corrected chi connectivity index (χ0v) is 12.4. The van der Waals surface area contributed by atoms with E-state index in [0.29, 0.717) is 31.0 Å². The second-order valence-electron chi connectivity index (χ2n) is 4.97. The number of amides is 1. The number of carbonyl (C=O) groups is 1. The van der Waals surface area contributed by atoms with Gasteiger partial charge >= 0.3 is 0 Å². The minimum atomic E-state index is -0.353. The fourth-order valence-corrected chi connectivity index (χ4v) is 2.12. The van der Waals surface area contributed by atoms with Gasteiger partial charge in [-0.2, -0.15) is 0 Å². The molecule has 1 atom stereocenters. The second kappa shape index (κ2) is 7.29. The fourth-order valence-electron chi connectivity index (χ4n) is 2.12. The van der Waals surface area contributed by atoms with E-state index < -0.39 is 0 Å². The lowest BCUT2D eigenvalue weighted by molar-refractivity contribution is 0.0765. The van der Waals surface area contributed by atoms with Crippen LogP contribution in [-0.2, 0) is 0 Å². The van der Waals surface area contributed by atoms with Gasteiger partial charge in [0.1, 0.15) is 0 Å². The van der Waals surface area contributed by atoms with Crippen molar-refractivity contribution < 1.29 is 9.90 Å².